The number of aryl methyl sites for hydroxylation is 1. The number of azo groups is 1. The Hall–Kier alpha value is -2.76. The molecule has 0 aliphatic heterocycles. The quantitative estimate of drug-likeness (QED) is 0.250. The number of benzene rings is 3. The molecule has 1 heterocycles. The van der Waals surface area contributed by atoms with Gasteiger partial charge >= 0.3 is 0 Å². The summed E-state index contributed by atoms with van der Waals surface area (Å²) in [5.74, 6) is 0.138. The molecule has 4 aromatic rings. The highest BCUT2D eigenvalue weighted by atomic mass is 35.5. The molecule has 0 bridgehead atoms. The van der Waals surface area contributed by atoms with Crippen LogP contribution in [0.4, 0.5) is 11.4 Å². The number of fused-ring (bicyclic) bond motifs is 1. The summed E-state index contributed by atoms with van der Waals surface area (Å²) in [7, 11) is 0. The van der Waals surface area contributed by atoms with Crippen molar-refractivity contribution in [3.8, 4) is 5.75 Å². The van der Waals surface area contributed by atoms with Gasteiger partial charge in [-0.2, -0.15) is 0 Å². The molecule has 0 spiro atoms. The number of halogens is 1. The van der Waals surface area contributed by atoms with Crippen LogP contribution < -0.4 is 0 Å². The van der Waals surface area contributed by atoms with E-state index in [1.807, 2.05) is 43.3 Å². The summed E-state index contributed by atoms with van der Waals surface area (Å²) in [4.78, 5) is 4.50. The van der Waals surface area contributed by atoms with Crippen molar-refractivity contribution in [2.45, 2.75) is 72.6 Å². The van der Waals surface area contributed by atoms with Gasteiger partial charge in [0.2, 0.25) is 0 Å². The Morgan fingerprint density at radius 2 is 1.51 bits per heavy atom. The topological polar surface area (TPSA) is 57.8 Å². The van der Waals surface area contributed by atoms with Crippen LogP contribution in [0.2, 0.25) is 5.02 Å². The highest BCUT2D eigenvalue weighted by molar-refractivity contribution is 7.18. The number of aromatic hydroxyl groups is 1. The zero-order chi connectivity index (χ0) is 27.2. The summed E-state index contributed by atoms with van der Waals surface area (Å²) in [6.07, 6.45) is 0.972. The first-order valence-electron chi connectivity index (χ1n) is 12.6. The lowest BCUT2D eigenvalue weighted by Gasteiger charge is -2.35. The fourth-order valence-corrected chi connectivity index (χ4v) is 6.28. The summed E-state index contributed by atoms with van der Waals surface area (Å²) in [6, 6.07) is 18.1. The molecule has 0 saturated heterocycles. The summed E-state index contributed by atoms with van der Waals surface area (Å²) < 4.78 is 1.01. The fraction of sp³-hybridized carbons (Fsp3) is 0.387. The molecule has 0 radical (unpaired) electrons. The molecule has 0 unspecified atom stereocenters. The van der Waals surface area contributed by atoms with E-state index in [2.05, 4.69) is 81.9 Å². The van der Waals surface area contributed by atoms with Gasteiger partial charge in [0, 0.05) is 11.0 Å². The monoisotopic (exact) mass is 533 g/mol. The van der Waals surface area contributed by atoms with Crippen LogP contribution in [0.3, 0.4) is 0 Å². The Kier molecular flexibility index (Phi) is 7.26. The summed E-state index contributed by atoms with van der Waals surface area (Å²) in [5.41, 5.74) is 4.46. The number of rotatable bonds is 6. The van der Waals surface area contributed by atoms with Gasteiger partial charge in [-0.05, 0) is 53.5 Å². The largest absolute Gasteiger partial charge is 0.505 e. The van der Waals surface area contributed by atoms with Gasteiger partial charge in [-0.15, -0.1) is 21.6 Å². The van der Waals surface area contributed by atoms with Gasteiger partial charge in [0.05, 0.1) is 20.2 Å². The average molecular weight is 534 g/mol. The second-order valence-corrected chi connectivity index (χ2v) is 13.9. The summed E-state index contributed by atoms with van der Waals surface area (Å²) in [6.45, 7) is 17.5. The number of aromatic nitrogens is 1. The first kappa shape index (κ1) is 27.3. The minimum Gasteiger partial charge on any atom is -0.505 e. The zero-order valence-electron chi connectivity index (χ0n) is 23.0. The highest BCUT2D eigenvalue weighted by Gasteiger charge is 2.33. The predicted molar refractivity (Wildman–Crippen MR) is 157 cm³/mol. The van der Waals surface area contributed by atoms with E-state index in [9.17, 15) is 5.11 Å². The Morgan fingerprint density at radius 3 is 2.16 bits per heavy atom. The lowest BCUT2D eigenvalue weighted by Crippen LogP contribution is -2.26. The molecular formula is C31H36ClN3OS. The van der Waals surface area contributed by atoms with Crippen molar-refractivity contribution in [1.29, 1.82) is 0 Å². The van der Waals surface area contributed by atoms with Crippen LogP contribution >= 0.6 is 22.9 Å². The third-order valence-corrected chi connectivity index (χ3v) is 8.08. The molecule has 0 aliphatic rings. The zero-order valence-corrected chi connectivity index (χ0v) is 24.6. The Morgan fingerprint density at radius 1 is 0.865 bits per heavy atom. The van der Waals surface area contributed by atoms with Crippen LogP contribution in [0, 0.1) is 12.3 Å². The molecule has 0 saturated carbocycles. The Bertz CT molecular complexity index is 1460. The maximum atomic E-state index is 11.5. The minimum absolute atomic E-state index is 0.133. The maximum Gasteiger partial charge on any atom is 0.147 e. The van der Waals surface area contributed by atoms with Crippen molar-refractivity contribution in [3.05, 3.63) is 81.3 Å². The van der Waals surface area contributed by atoms with Crippen molar-refractivity contribution in [3.63, 3.8) is 0 Å². The fourth-order valence-electron chi connectivity index (χ4n) is 5.24. The number of phenols is 1. The molecule has 37 heavy (non-hydrogen) atoms. The first-order valence-corrected chi connectivity index (χ1v) is 13.8. The molecule has 0 fully saturated rings. The number of nitrogens with zero attached hydrogens (tertiary/aromatic N) is 3. The molecule has 0 aliphatic carbocycles. The number of hydrogen-bond donors (Lipinski definition) is 1. The van der Waals surface area contributed by atoms with Crippen molar-refractivity contribution in [2.24, 2.45) is 15.6 Å². The van der Waals surface area contributed by atoms with Gasteiger partial charge in [0.1, 0.15) is 17.1 Å². The standard InChI is InChI=1S/C31H36ClN3OS/c1-19-33-25-16-23(32)24(17-27(25)37-19)34-35-26-15-21(30(5,6)18-29(2,3)4)14-22(28(26)36)31(7,8)20-12-10-9-11-13-20/h9-17,36H,18H2,1-8H3. The van der Waals surface area contributed by atoms with E-state index >= 15 is 0 Å². The molecule has 194 valence electrons. The van der Waals surface area contributed by atoms with Crippen LogP contribution in [0.1, 0.15) is 76.6 Å². The molecular weight excluding hydrogens is 498 g/mol. The van der Waals surface area contributed by atoms with E-state index in [-0.39, 0.29) is 16.6 Å². The minimum atomic E-state index is -0.444. The Labute approximate surface area is 229 Å². The van der Waals surface area contributed by atoms with Crippen LogP contribution in [-0.2, 0) is 10.8 Å². The van der Waals surface area contributed by atoms with Gasteiger partial charge in [-0.25, -0.2) is 4.98 Å². The molecule has 4 nitrogen and oxygen atoms in total. The highest BCUT2D eigenvalue weighted by Crippen LogP contribution is 2.47. The molecule has 3 aromatic carbocycles. The molecule has 1 aromatic heterocycles. The Balaban J connectivity index is 1.87. The lowest BCUT2D eigenvalue weighted by atomic mass is 9.70. The van der Waals surface area contributed by atoms with Crippen LogP contribution in [-0.4, -0.2) is 10.1 Å². The SMILES string of the molecule is Cc1nc2cc(Cl)c(N=Nc3cc(C(C)(C)CC(C)(C)C)cc(C(C)(C)c4ccccc4)c3O)cc2s1. The van der Waals surface area contributed by atoms with Crippen LogP contribution in [0.15, 0.2) is 64.8 Å². The number of hydrogen-bond acceptors (Lipinski definition) is 5. The van der Waals surface area contributed by atoms with E-state index in [0.29, 0.717) is 16.4 Å². The smallest absolute Gasteiger partial charge is 0.147 e. The molecule has 0 atom stereocenters. The van der Waals surface area contributed by atoms with Crippen molar-refractivity contribution in [2.75, 3.05) is 0 Å². The number of phenolic OH excluding ortho intramolecular Hbond substituents is 1. The van der Waals surface area contributed by atoms with E-state index in [1.165, 1.54) is 0 Å². The molecule has 6 heteroatoms. The van der Waals surface area contributed by atoms with E-state index in [4.69, 9.17) is 11.6 Å². The van der Waals surface area contributed by atoms with Gasteiger partial charge in [0.15, 0.2) is 0 Å². The third kappa shape index (κ3) is 5.89. The van der Waals surface area contributed by atoms with Gasteiger partial charge in [-0.3, -0.25) is 0 Å². The molecule has 4 rings (SSSR count). The summed E-state index contributed by atoms with van der Waals surface area (Å²) in [5, 5.41) is 22.1. The maximum absolute atomic E-state index is 11.5. The lowest BCUT2D eigenvalue weighted by molar-refractivity contribution is 0.283. The van der Waals surface area contributed by atoms with Gasteiger partial charge < -0.3 is 5.11 Å². The van der Waals surface area contributed by atoms with E-state index in [0.717, 1.165) is 38.3 Å². The molecule has 0 amide bonds. The van der Waals surface area contributed by atoms with Gasteiger partial charge in [0.25, 0.3) is 0 Å². The van der Waals surface area contributed by atoms with E-state index < -0.39 is 5.41 Å². The van der Waals surface area contributed by atoms with Crippen molar-refractivity contribution in [1.82, 2.24) is 4.98 Å². The third-order valence-electron chi connectivity index (χ3n) is 6.84. The van der Waals surface area contributed by atoms with Crippen LogP contribution in [0.5, 0.6) is 5.75 Å². The number of thiazole rings is 1. The summed E-state index contributed by atoms with van der Waals surface area (Å²) >= 11 is 8.12. The predicted octanol–water partition coefficient (Wildman–Crippen LogP) is 10.4. The molecule has 1 N–H and O–H groups in total. The normalized spacial score (nSPS) is 13.1. The van der Waals surface area contributed by atoms with Crippen molar-refractivity contribution >= 4 is 44.5 Å². The van der Waals surface area contributed by atoms with Gasteiger partial charge in [-0.1, -0.05) is 96.5 Å². The second-order valence-electron chi connectivity index (χ2n) is 12.2. The average Bonchev–Trinajstić information content (AvgIpc) is 3.15. The van der Waals surface area contributed by atoms with E-state index in [1.54, 1.807) is 11.3 Å². The van der Waals surface area contributed by atoms with Crippen molar-refractivity contribution < 1.29 is 5.11 Å². The second kappa shape index (κ2) is 9.85. The first-order chi connectivity index (χ1) is 17.2. The van der Waals surface area contributed by atoms with Crippen LogP contribution in [0.25, 0.3) is 10.2 Å².